The van der Waals surface area contributed by atoms with Crippen molar-refractivity contribution in [3.05, 3.63) is 219 Å². The summed E-state index contributed by atoms with van der Waals surface area (Å²) in [4.78, 5) is 9.23. The van der Waals surface area contributed by atoms with Gasteiger partial charge in [-0.1, -0.05) is 158 Å². The van der Waals surface area contributed by atoms with Gasteiger partial charge in [0.25, 0.3) is 0 Å². The van der Waals surface area contributed by atoms with E-state index in [2.05, 4.69) is 213 Å². The molecule has 0 radical (unpaired) electrons. The van der Waals surface area contributed by atoms with Gasteiger partial charge >= 0.3 is 0 Å². The molecule has 0 atom stereocenters. The third kappa shape index (κ3) is 5.02. The molecule has 5 nitrogen and oxygen atoms in total. The number of hydrogen-bond acceptors (Lipinski definition) is 4. The minimum Gasteiger partial charge on any atom is -0.454 e. The fourth-order valence-electron chi connectivity index (χ4n) is 11.0. The summed E-state index contributed by atoms with van der Waals surface area (Å²) in [6, 6.07) is 71.2. The number of rotatable bonds is 6. The van der Waals surface area contributed by atoms with Crippen LogP contribution in [-0.4, -0.2) is 27.2 Å². The van der Waals surface area contributed by atoms with Crippen molar-refractivity contribution < 1.29 is 4.42 Å². The molecule has 0 bridgehead atoms. The van der Waals surface area contributed by atoms with E-state index in [9.17, 15) is 0 Å². The molecule has 7 heteroatoms. The number of pyridine rings is 2. The predicted molar refractivity (Wildman–Crippen MR) is 274 cm³/mol. The minimum atomic E-state index is -3.21. The highest BCUT2D eigenvalue weighted by Gasteiger charge is 2.45. The molecule has 0 saturated heterocycles. The maximum Gasteiger partial charge on any atom is 0.185 e. The predicted octanol–water partition coefficient (Wildman–Crippen LogP) is 12.3. The van der Waals surface area contributed by atoms with Crippen LogP contribution in [0.15, 0.2) is 223 Å². The molecule has 0 spiro atoms. The zero-order chi connectivity index (χ0) is 42.6. The fourth-order valence-corrected chi connectivity index (χ4v) is 17.8. The first-order valence-electron chi connectivity index (χ1n) is 22.0. The molecule has 0 amide bonds. The van der Waals surface area contributed by atoms with Crippen LogP contribution >= 0.6 is 11.3 Å². The number of thiophene rings is 1. The second kappa shape index (κ2) is 13.9. The van der Waals surface area contributed by atoms with Gasteiger partial charge < -0.3 is 13.6 Å². The van der Waals surface area contributed by atoms with Crippen LogP contribution in [0.3, 0.4) is 0 Å². The van der Waals surface area contributed by atoms with Gasteiger partial charge in [-0.05, 0) is 57.1 Å². The van der Waals surface area contributed by atoms with Gasteiger partial charge in [-0.25, -0.2) is 0 Å². The Balaban J connectivity index is 1.10. The van der Waals surface area contributed by atoms with Crippen LogP contribution in [-0.2, 0) is 0 Å². The molecule has 0 N–H and O–H groups in total. The first-order chi connectivity index (χ1) is 32.3. The highest BCUT2D eigenvalue weighted by Crippen LogP contribution is 2.42. The zero-order valence-electron chi connectivity index (χ0n) is 34.9. The molecule has 0 aliphatic carbocycles. The molecule has 6 aromatic heterocycles. The van der Waals surface area contributed by atoms with E-state index in [1.165, 1.54) is 68.0 Å². The number of nitrogens with zero attached hydrogens (tertiary/aromatic N) is 4. The van der Waals surface area contributed by atoms with Gasteiger partial charge in [0.2, 0.25) is 0 Å². The third-order valence-corrected chi connectivity index (χ3v) is 19.9. The standard InChI is InChI=1S/C58H36N4OSSi/c1-3-15-37(16-4-1)65(38-17-5-2-6-18-38,53-29-13-22-44-43-21-11-27-49(55(43)63-56(44)53)61-47-25-9-7-19-39(47)41-31-33-59-35-51(41)61)54-30-14-24-46-45-23-12-28-50(57(45)64-58(46)54)62-48-26-10-8-20-40(48)42-32-34-60-36-52(42)62/h1-36H. The average Bonchev–Trinajstić information content (AvgIpc) is 4.14. The maximum absolute atomic E-state index is 7.52. The van der Waals surface area contributed by atoms with Crippen LogP contribution < -0.4 is 20.7 Å². The monoisotopic (exact) mass is 864 g/mol. The average molecular weight is 865 g/mol. The van der Waals surface area contributed by atoms with E-state index < -0.39 is 8.07 Å². The van der Waals surface area contributed by atoms with Crippen LogP contribution in [0.25, 0.3) is 97.1 Å². The molecule has 14 aromatic rings. The van der Waals surface area contributed by atoms with Gasteiger partial charge in [0.15, 0.2) is 13.7 Å². The van der Waals surface area contributed by atoms with Gasteiger partial charge in [-0.3, -0.25) is 9.97 Å². The lowest BCUT2D eigenvalue weighted by Crippen LogP contribution is -2.74. The van der Waals surface area contributed by atoms with E-state index in [1.807, 2.05) is 36.1 Å². The highest BCUT2D eigenvalue weighted by molar-refractivity contribution is 7.31. The summed E-state index contributed by atoms with van der Waals surface area (Å²) < 4.78 is 14.8. The molecule has 0 unspecified atom stereocenters. The highest BCUT2D eigenvalue weighted by atomic mass is 32.1. The number of fused-ring (bicyclic) bond motifs is 12. The Morgan fingerprint density at radius 2 is 0.815 bits per heavy atom. The van der Waals surface area contributed by atoms with Crippen molar-refractivity contribution in [3.8, 4) is 11.4 Å². The zero-order valence-corrected chi connectivity index (χ0v) is 36.7. The van der Waals surface area contributed by atoms with Gasteiger partial charge in [-0.2, -0.15) is 0 Å². The second-order valence-corrected chi connectivity index (χ2v) is 21.6. The SMILES string of the molecule is c1ccc([Si](c2ccccc2)(c2cccc3c2oc2c(-n4c5ccccc5c5ccncc54)cccc23)c2cccc3c2sc2c(-n4c5ccccc5c5ccncc54)cccc23)cc1. The maximum atomic E-state index is 7.52. The van der Waals surface area contributed by atoms with Crippen LogP contribution in [0.5, 0.6) is 0 Å². The van der Waals surface area contributed by atoms with Crippen LogP contribution in [0.2, 0.25) is 0 Å². The quantitative estimate of drug-likeness (QED) is 0.124. The van der Waals surface area contributed by atoms with Crippen molar-refractivity contribution in [1.29, 1.82) is 0 Å². The first-order valence-corrected chi connectivity index (χ1v) is 24.8. The number of aromatic nitrogens is 4. The molecule has 0 saturated carbocycles. The Morgan fingerprint density at radius 1 is 0.354 bits per heavy atom. The van der Waals surface area contributed by atoms with E-state index >= 15 is 0 Å². The van der Waals surface area contributed by atoms with Gasteiger partial charge in [0, 0.05) is 60.2 Å². The van der Waals surface area contributed by atoms with Gasteiger partial charge in [0.1, 0.15) is 5.58 Å². The smallest absolute Gasteiger partial charge is 0.185 e. The van der Waals surface area contributed by atoms with Crippen molar-refractivity contribution in [2.45, 2.75) is 0 Å². The van der Waals surface area contributed by atoms with Crippen molar-refractivity contribution in [2.24, 2.45) is 0 Å². The molecule has 304 valence electrons. The molecule has 14 rings (SSSR count). The molecule has 0 aliphatic heterocycles. The number of furan rings is 1. The van der Waals surface area contributed by atoms with E-state index in [0.29, 0.717) is 0 Å². The summed E-state index contributed by atoms with van der Waals surface area (Å²) in [6.45, 7) is 0. The summed E-state index contributed by atoms with van der Waals surface area (Å²) in [7, 11) is -3.21. The van der Waals surface area contributed by atoms with Gasteiger partial charge in [0.05, 0.1) is 50.5 Å². The van der Waals surface area contributed by atoms with E-state index in [4.69, 9.17) is 4.42 Å². The lowest BCUT2D eigenvalue weighted by molar-refractivity contribution is 0.668. The Bertz CT molecular complexity index is 3820. The number of benzene rings is 8. The van der Waals surface area contributed by atoms with E-state index in [0.717, 1.165) is 49.9 Å². The normalized spacial score (nSPS) is 12.3. The van der Waals surface area contributed by atoms with Crippen LogP contribution in [0, 0.1) is 0 Å². The van der Waals surface area contributed by atoms with Crippen molar-refractivity contribution in [1.82, 2.24) is 19.1 Å². The molecule has 6 heterocycles. The lowest BCUT2D eigenvalue weighted by atomic mass is 10.1. The molecule has 65 heavy (non-hydrogen) atoms. The topological polar surface area (TPSA) is 48.8 Å². The van der Waals surface area contributed by atoms with Crippen molar-refractivity contribution in [2.75, 3.05) is 0 Å². The van der Waals surface area contributed by atoms with E-state index in [-0.39, 0.29) is 0 Å². The van der Waals surface area contributed by atoms with Crippen LogP contribution in [0.4, 0.5) is 0 Å². The van der Waals surface area contributed by atoms with Crippen LogP contribution in [0.1, 0.15) is 0 Å². The lowest BCUT2D eigenvalue weighted by Gasteiger charge is -2.34. The Hall–Kier alpha value is -8.10. The number of hydrogen-bond donors (Lipinski definition) is 0. The summed E-state index contributed by atoms with van der Waals surface area (Å²) >= 11 is 1.91. The van der Waals surface area contributed by atoms with Crippen molar-refractivity contribution >= 4 is 126 Å². The minimum absolute atomic E-state index is 0.857. The number of para-hydroxylation sites is 4. The van der Waals surface area contributed by atoms with E-state index in [1.54, 1.807) is 0 Å². The Labute approximate surface area is 377 Å². The second-order valence-electron chi connectivity index (χ2n) is 16.8. The molecule has 0 fully saturated rings. The Kier molecular flexibility index (Phi) is 7.81. The first kappa shape index (κ1) is 36.4. The fraction of sp³-hybridized carbons (Fsp3) is 0. The van der Waals surface area contributed by atoms with Crippen molar-refractivity contribution in [3.63, 3.8) is 0 Å². The molecular weight excluding hydrogens is 829 g/mol. The summed E-state index contributed by atoms with van der Waals surface area (Å²) in [5.74, 6) is 0. The Morgan fingerprint density at radius 3 is 1.45 bits per heavy atom. The molecular formula is C58H36N4OSSi. The summed E-state index contributed by atoms with van der Waals surface area (Å²) in [5, 5.41) is 14.6. The van der Waals surface area contributed by atoms with Gasteiger partial charge in [-0.15, -0.1) is 11.3 Å². The largest absolute Gasteiger partial charge is 0.454 e. The summed E-state index contributed by atoms with van der Waals surface area (Å²) in [5.41, 5.74) is 8.37. The molecule has 0 aliphatic rings. The third-order valence-electron chi connectivity index (χ3n) is 13.7. The molecule has 8 aromatic carbocycles. The summed E-state index contributed by atoms with van der Waals surface area (Å²) in [6.07, 6.45) is 7.76.